The average molecular weight is 750 g/mol. The molecule has 3 amide bonds. The summed E-state index contributed by atoms with van der Waals surface area (Å²) in [6.07, 6.45) is -4.02. The standard InChI is InChI=1S/C37H30F3N3O7S2/c1-2-49-35(47)17-11-13-18(14-12-17)43-33(45)28-20-15-21(29(28)34(43)46)30-27(20)26(31-32(51-30)42-36(48)52-31)19-7-3-6-10-24(19)50-16-25(44)41-23-9-5-4-8-22(23)37(38,39)40/h3-14,20-21,26-30H,2,15-16H2,1H3,(H,41,44)(H,42,48)/t20-,21-,26-,27?,28?,29?,30?/m1/s1. The topological polar surface area (TPSA) is 135 Å². The fraction of sp³-hybridized carbons (Fsp3) is 0.324. The second kappa shape index (κ2) is 13.0. The van der Waals surface area contributed by atoms with E-state index in [0.717, 1.165) is 22.3 Å². The lowest BCUT2D eigenvalue weighted by Gasteiger charge is -2.43. The number of para-hydroxylation sites is 2. The summed E-state index contributed by atoms with van der Waals surface area (Å²) in [6, 6.07) is 17.9. The maximum absolute atomic E-state index is 14.2. The summed E-state index contributed by atoms with van der Waals surface area (Å²) in [5.41, 5.74) is -0.0134. The first kappa shape index (κ1) is 34.2. The number of thiazole rings is 1. The van der Waals surface area contributed by atoms with Gasteiger partial charge in [-0.15, -0.1) is 11.8 Å². The molecule has 7 atom stereocenters. The lowest BCUT2D eigenvalue weighted by molar-refractivity contribution is -0.137. The molecule has 52 heavy (non-hydrogen) atoms. The summed E-state index contributed by atoms with van der Waals surface area (Å²) >= 11 is 2.59. The third-order valence-electron chi connectivity index (χ3n) is 10.5. The van der Waals surface area contributed by atoms with Gasteiger partial charge in [-0.05, 0) is 73.6 Å². The first-order chi connectivity index (χ1) is 25.0. The zero-order valence-corrected chi connectivity index (χ0v) is 29.0. The van der Waals surface area contributed by atoms with Crippen LogP contribution in [0, 0.1) is 29.6 Å². The van der Waals surface area contributed by atoms with Crippen molar-refractivity contribution in [3.63, 3.8) is 0 Å². The van der Waals surface area contributed by atoms with Crippen molar-refractivity contribution in [2.24, 2.45) is 29.6 Å². The number of imide groups is 1. The number of aromatic amines is 1. The Labute approximate surface area is 302 Å². The fourth-order valence-electron chi connectivity index (χ4n) is 8.62. The number of rotatable bonds is 8. The number of hydrogen-bond acceptors (Lipinski definition) is 9. The van der Waals surface area contributed by atoms with Gasteiger partial charge in [0.25, 0.3) is 5.91 Å². The van der Waals surface area contributed by atoms with Crippen molar-refractivity contribution < 1.29 is 41.8 Å². The van der Waals surface area contributed by atoms with Crippen LogP contribution in [0.5, 0.6) is 5.75 Å². The van der Waals surface area contributed by atoms with Gasteiger partial charge in [-0.3, -0.25) is 24.1 Å². The molecule has 4 unspecified atom stereocenters. The molecule has 2 N–H and O–H groups in total. The second-order valence-electron chi connectivity index (χ2n) is 13.2. The van der Waals surface area contributed by atoms with E-state index in [0.29, 0.717) is 34.0 Å². The van der Waals surface area contributed by atoms with Crippen LogP contribution in [0.1, 0.15) is 45.6 Å². The third-order valence-corrected chi connectivity index (χ3v) is 13.1. The second-order valence-corrected chi connectivity index (χ2v) is 15.4. The number of anilines is 2. The van der Waals surface area contributed by atoms with Gasteiger partial charge in [-0.1, -0.05) is 41.7 Å². The minimum atomic E-state index is -4.67. The van der Waals surface area contributed by atoms with Crippen molar-refractivity contribution in [1.82, 2.24) is 4.98 Å². The van der Waals surface area contributed by atoms with Gasteiger partial charge < -0.3 is 19.8 Å². The highest BCUT2D eigenvalue weighted by Crippen LogP contribution is 2.69. The number of amides is 3. The molecule has 3 fully saturated rings. The van der Waals surface area contributed by atoms with Crippen molar-refractivity contribution in [3.05, 3.63) is 104 Å². The van der Waals surface area contributed by atoms with Crippen LogP contribution in [0.2, 0.25) is 0 Å². The largest absolute Gasteiger partial charge is 0.483 e. The molecule has 10 nitrogen and oxygen atoms in total. The van der Waals surface area contributed by atoms with E-state index in [-0.39, 0.29) is 52.0 Å². The van der Waals surface area contributed by atoms with Crippen LogP contribution in [-0.4, -0.2) is 47.1 Å². The van der Waals surface area contributed by atoms with Crippen molar-refractivity contribution in [2.75, 3.05) is 23.4 Å². The summed E-state index contributed by atoms with van der Waals surface area (Å²) in [6.45, 7) is 1.33. The van der Waals surface area contributed by atoms with Crippen molar-refractivity contribution in [3.8, 4) is 5.75 Å². The number of halogens is 3. The highest BCUT2D eigenvalue weighted by atomic mass is 32.2. The lowest BCUT2D eigenvalue weighted by atomic mass is 9.68. The Morgan fingerprint density at radius 2 is 1.63 bits per heavy atom. The molecule has 0 radical (unpaired) electrons. The molecular formula is C37H30F3N3O7S2. The molecule has 1 aromatic heterocycles. The first-order valence-electron chi connectivity index (χ1n) is 16.7. The van der Waals surface area contributed by atoms with E-state index >= 15 is 0 Å². The summed E-state index contributed by atoms with van der Waals surface area (Å²) in [5.74, 6) is -3.65. The van der Waals surface area contributed by atoms with Crippen LogP contribution in [0.15, 0.2) is 82.6 Å². The highest BCUT2D eigenvalue weighted by Gasteiger charge is 2.70. The Kier molecular flexibility index (Phi) is 8.52. The van der Waals surface area contributed by atoms with Gasteiger partial charge in [0.2, 0.25) is 11.8 Å². The molecule has 2 saturated carbocycles. The number of nitrogens with zero attached hydrogens (tertiary/aromatic N) is 1. The van der Waals surface area contributed by atoms with Gasteiger partial charge in [0.05, 0.1) is 46.0 Å². The number of thioether (sulfide) groups is 1. The minimum Gasteiger partial charge on any atom is -0.483 e. The zero-order valence-electron chi connectivity index (χ0n) is 27.3. The van der Waals surface area contributed by atoms with Crippen LogP contribution in [0.25, 0.3) is 0 Å². The Hall–Kier alpha value is -4.89. The molecule has 1 saturated heterocycles. The number of benzene rings is 3. The van der Waals surface area contributed by atoms with E-state index in [1.54, 1.807) is 37.3 Å². The quantitative estimate of drug-likeness (QED) is 0.158. The third kappa shape index (κ3) is 5.61. The van der Waals surface area contributed by atoms with E-state index in [1.165, 1.54) is 47.0 Å². The number of hydrogen-bond donors (Lipinski definition) is 2. The molecule has 8 rings (SSSR count). The number of H-pyrrole nitrogens is 1. The Bertz CT molecular complexity index is 2170. The molecule has 3 heterocycles. The number of ether oxygens (including phenoxy) is 2. The molecule has 268 valence electrons. The fourth-order valence-corrected chi connectivity index (χ4v) is 11.5. The smallest absolute Gasteiger partial charge is 0.418 e. The van der Waals surface area contributed by atoms with Gasteiger partial charge in [0, 0.05) is 21.6 Å². The van der Waals surface area contributed by atoms with Gasteiger partial charge >= 0.3 is 17.0 Å². The van der Waals surface area contributed by atoms with Crippen LogP contribution in [-0.2, 0) is 25.3 Å². The minimum absolute atomic E-state index is 0.118. The maximum Gasteiger partial charge on any atom is 0.418 e. The molecule has 4 aliphatic rings. The molecule has 0 spiro atoms. The summed E-state index contributed by atoms with van der Waals surface area (Å²) in [5, 5.41) is 2.87. The van der Waals surface area contributed by atoms with Crippen LogP contribution in [0.4, 0.5) is 24.5 Å². The molecule has 3 aromatic carbocycles. The molecular weight excluding hydrogens is 720 g/mol. The van der Waals surface area contributed by atoms with Gasteiger partial charge in [0.15, 0.2) is 6.61 Å². The predicted molar refractivity (Wildman–Crippen MR) is 185 cm³/mol. The Balaban J connectivity index is 1.08. The number of carbonyl (C=O) groups is 4. The van der Waals surface area contributed by atoms with Crippen molar-refractivity contribution >= 4 is 58.2 Å². The maximum atomic E-state index is 14.2. The number of fused-ring (bicyclic) bond motifs is 9. The van der Waals surface area contributed by atoms with Crippen molar-refractivity contribution in [1.29, 1.82) is 0 Å². The Morgan fingerprint density at radius 1 is 0.942 bits per heavy atom. The first-order valence-corrected chi connectivity index (χ1v) is 18.4. The number of aromatic nitrogens is 1. The monoisotopic (exact) mass is 749 g/mol. The van der Waals surface area contributed by atoms with Crippen LogP contribution < -0.4 is 19.8 Å². The molecule has 15 heteroatoms. The van der Waals surface area contributed by atoms with Gasteiger partial charge in [0.1, 0.15) is 5.75 Å². The van der Waals surface area contributed by atoms with E-state index < -0.39 is 48.0 Å². The Morgan fingerprint density at radius 3 is 2.37 bits per heavy atom. The van der Waals surface area contributed by atoms with Crippen LogP contribution in [0.3, 0.4) is 0 Å². The van der Waals surface area contributed by atoms with Crippen molar-refractivity contribution in [2.45, 2.75) is 35.7 Å². The van der Waals surface area contributed by atoms with Gasteiger partial charge in [-0.25, -0.2) is 4.79 Å². The lowest BCUT2D eigenvalue weighted by Crippen LogP contribution is -2.42. The average Bonchev–Trinajstić information content (AvgIpc) is 3.86. The summed E-state index contributed by atoms with van der Waals surface area (Å²) < 4.78 is 51.7. The van der Waals surface area contributed by atoms with Gasteiger partial charge in [-0.2, -0.15) is 13.2 Å². The molecule has 2 aliphatic carbocycles. The van der Waals surface area contributed by atoms with E-state index in [1.807, 2.05) is 6.07 Å². The number of nitrogens with one attached hydrogen (secondary N) is 2. The number of carbonyl (C=O) groups excluding carboxylic acids is 4. The van der Waals surface area contributed by atoms with E-state index in [4.69, 9.17) is 9.47 Å². The number of alkyl halides is 3. The SMILES string of the molecule is CCOC(=O)c1ccc(N2C(=O)C3C(C2=O)[C@@H]2C[C@H]3C3Sc4[nH]c(=O)sc4[C@H](c4ccccc4OCC(=O)Nc4ccccc4C(F)(F)F)C32)cc1. The zero-order chi connectivity index (χ0) is 36.5. The molecule has 2 bridgehead atoms. The summed E-state index contributed by atoms with van der Waals surface area (Å²) in [4.78, 5) is 70.8. The highest BCUT2D eigenvalue weighted by molar-refractivity contribution is 8.00. The molecule has 2 aliphatic heterocycles. The predicted octanol–water partition coefficient (Wildman–Crippen LogP) is 6.33. The summed E-state index contributed by atoms with van der Waals surface area (Å²) in [7, 11) is 0. The molecule has 4 aromatic rings. The van der Waals surface area contributed by atoms with E-state index in [2.05, 4.69) is 10.3 Å². The normalized spacial score (nSPS) is 25.8. The number of esters is 1. The van der Waals surface area contributed by atoms with Crippen LogP contribution >= 0.6 is 23.1 Å². The van der Waals surface area contributed by atoms with E-state index in [9.17, 15) is 37.1 Å².